The van der Waals surface area contributed by atoms with Crippen molar-refractivity contribution in [1.29, 1.82) is 0 Å². The van der Waals surface area contributed by atoms with Gasteiger partial charge in [-0.1, -0.05) is 101 Å². The highest BCUT2D eigenvalue weighted by atomic mass is 35.5. The fourth-order valence-corrected chi connectivity index (χ4v) is 7.16. The van der Waals surface area contributed by atoms with Crippen molar-refractivity contribution in [3.8, 4) is 0 Å². The SMILES string of the molecule is CCCCCCCCCCCCS(=O)(=O)CC(C)c1nnc2c(Cl)c(C(=O)Nc3c(C)cc(C)cc3C)[nH]n12. The first kappa shape index (κ1) is 31.1. The Morgan fingerprint density at radius 1 is 0.974 bits per heavy atom. The third-order valence-electron chi connectivity index (χ3n) is 7.22. The first-order chi connectivity index (χ1) is 18.5. The average Bonchev–Trinajstić information content (AvgIpc) is 3.42. The Balaban J connectivity index is 1.56. The molecular weight excluding hydrogens is 534 g/mol. The van der Waals surface area contributed by atoms with E-state index in [1.54, 1.807) is 6.92 Å². The summed E-state index contributed by atoms with van der Waals surface area (Å²) < 4.78 is 27.2. The molecule has 2 N–H and O–H groups in total. The Kier molecular flexibility index (Phi) is 11.4. The Bertz CT molecular complexity index is 1340. The zero-order valence-corrected chi connectivity index (χ0v) is 25.6. The van der Waals surface area contributed by atoms with Gasteiger partial charge in [0.05, 0.1) is 11.5 Å². The lowest BCUT2D eigenvalue weighted by atomic mass is 10.1. The molecule has 3 rings (SSSR count). The average molecular weight is 578 g/mol. The molecule has 39 heavy (non-hydrogen) atoms. The normalized spacial score (nSPS) is 12.8. The molecule has 1 atom stereocenters. The van der Waals surface area contributed by atoms with Gasteiger partial charge in [0.1, 0.15) is 10.7 Å². The van der Waals surface area contributed by atoms with E-state index in [2.05, 4.69) is 27.5 Å². The predicted molar refractivity (Wildman–Crippen MR) is 160 cm³/mol. The number of anilines is 1. The highest BCUT2D eigenvalue weighted by Crippen LogP contribution is 2.27. The molecule has 216 valence electrons. The van der Waals surface area contributed by atoms with Gasteiger partial charge >= 0.3 is 0 Å². The Morgan fingerprint density at radius 2 is 1.54 bits per heavy atom. The lowest BCUT2D eigenvalue weighted by Gasteiger charge is -2.12. The molecule has 8 nitrogen and oxygen atoms in total. The molecule has 3 aromatic rings. The van der Waals surface area contributed by atoms with Crippen molar-refractivity contribution in [3.05, 3.63) is 45.4 Å². The second-order valence-electron chi connectivity index (χ2n) is 10.9. The predicted octanol–water partition coefficient (Wildman–Crippen LogP) is 7.33. The first-order valence-electron chi connectivity index (χ1n) is 14.3. The van der Waals surface area contributed by atoms with Crippen LogP contribution in [0.1, 0.15) is 117 Å². The molecule has 0 spiro atoms. The van der Waals surface area contributed by atoms with Crippen LogP contribution in [-0.2, 0) is 9.84 Å². The van der Waals surface area contributed by atoms with Crippen molar-refractivity contribution >= 4 is 38.7 Å². The number of halogens is 1. The van der Waals surface area contributed by atoms with Crippen LogP contribution in [0.4, 0.5) is 5.69 Å². The maximum atomic E-state index is 13.1. The number of fused-ring (bicyclic) bond motifs is 1. The lowest BCUT2D eigenvalue weighted by Crippen LogP contribution is -2.18. The molecule has 2 heterocycles. The second kappa shape index (κ2) is 14.3. The highest BCUT2D eigenvalue weighted by molar-refractivity contribution is 7.91. The first-order valence-corrected chi connectivity index (χ1v) is 16.5. The van der Waals surface area contributed by atoms with Gasteiger partial charge in [-0.05, 0) is 38.3 Å². The lowest BCUT2D eigenvalue weighted by molar-refractivity contribution is 0.102. The maximum absolute atomic E-state index is 13.1. The van der Waals surface area contributed by atoms with Crippen molar-refractivity contribution in [2.24, 2.45) is 0 Å². The van der Waals surface area contributed by atoms with Crippen molar-refractivity contribution in [2.75, 3.05) is 16.8 Å². The number of benzene rings is 1. The number of aromatic nitrogens is 4. The third-order valence-corrected chi connectivity index (χ3v) is 9.50. The summed E-state index contributed by atoms with van der Waals surface area (Å²) in [6, 6.07) is 4.01. The minimum Gasteiger partial charge on any atom is -0.320 e. The summed E-state index contributed by atoms with van der Waals surface area (Å²) >= 11 is 6.49. The molecule has 0 saturated carbocycles. The number of carbonyl (C=O) groups excluding carboxylic acids is 1. The molecule has 0 aliphatic rings. The second-order valence-corrected chi connectivity index (χ2v) is 13.5. The monoisotopic (exact) mass is 577 g/mol. The van der Waals surface area contributed by atoms with Crippen molar-refractivity contribution in [2.45, 2.75) is 105 Å². The summed E-state index contributed by atoms with van der Waals surface area (Å²) in [7, 11) is -3.26. The van der Waals surface area contributed by atoms with Gasteiger partial charge in [0, 0.05) is 11.6 Å². The minimum absolute atomic E-state index is 0.0366. The van der Waals surface area contributed by atoms with Gasteiger partial charge in [-0.25, -0.2) is 12.9 Å². The van der Waals surface area contributed by atoms with Crippen LogP contribution in [-0.4, -0.2) is 45.6 Å². The Hall–Kier alpha value is -2.39. The smallest absolute Gasteiger partial charge is 0.275 e. The van der Waals surface area contributed by atoms with Gasteiger partial charge in [-0.2, -0.15) is 0 Å². The number of H-pyrrole nitrogens is 1. The fourth-order valence-electron chi connectivity index (χ4n) is 5.19. The number of nitrogens with one attached hydrogen (secondary N) is 2. The molecule has 0 radical (unpaired) electrons. The van der Waals surface area contributed by atoms with Gasteiger partial charge in [0.25, 0.3) is 5.91 Å². The number of aryl methyl sites for hydroxylation is 3. The van der Waals surface area contributed by atoms with E-state index < -0.39 is 21.7 Å². The van der Waals surface area contributed by atoms with Crippen LogP contribution in [0.2, 0.25) is 5.02 Å². The third kappa shape index (κ3) is 8.55. The quantitative estimate of drug-likeness (QED) is 0.173. The summed E-state index contributed by atoms with van der Waals surface area (Å²) in [6.07, 6.45) is 11.6. The highest BCUT2D eigenvalue weighted by Gasteiger charge is 2.26. The van der Waals surface area contributed by atoms with E-state index in [9.17, 15) is 13.2 Å². The molecule has 0 aliphatic carbocycles. The van der Waals surface area contributed by atoms with E-state index in [-0.39, 0.29) is 22.2 Å². The molecule has 1 aromatic carbocycles. The molecule has 0 saturated heterocycles. The van der Waals surface area contributed by atoms with E-state index in [0.717, 1.165) is 35.2 Å². The van der Waals surface area contributed by atoms with Crippen LogP contribution in [0.3, 0.4) is 0 Å². The summed E-state index contributed by atoms with van der Waals surface area (Å²) in [6.45, 7) is 9.93. The largest absolute Gasteiger partial charge is 0.320 e. The Labute approximate surface area is 238 Å². The van der Waals surface area contributed by atoms with Crippen molar-refractivity contribution in [1.82, 2.24) is 19.8 Å². The van der Waals surface area contributed by atoms with E-state index in [0.29, 0.717) is 17.9 Å². The van der Waals surface area contributed by atoms with Crippen LogP contribution in [0.25, 0.3) is 5.65 Å². The summed E-state index contributed by atoms with van der Waals surface area (Å²) in [5.41, 5.74) is 4.22. The number of sulfone groups is 1. The summed E-state index contributed by atoms with van der Waals surface area (Å²) in [5.74, 6) is -0.247. The topological polar surface area (TPSA) is 109 Å². The fraction of sp³-hybridized carbons (Fsp3) is 0.621. The number of hydrogen-bond donors (Lipinski definition) is 2. The van der Waals surface area contributed by atoms with Crippen LogP contribution in [0.15, 0.2) is 12.1 Å². The van der Waals surface area contributed by atoms with E-state index in [4.69, 9.17) is 11.6 Å². The van der Waals surface area contributed by atoms with Crippen molar-refractivity contribution < 1.29 is 13.2 Å². The molecule has 1 amide bonds. The molecule has 0 aliphatic heterocycles. The van der Waals surface area contributed by atoms with Gasteiger partial charge in [-0.15, -0.1) is 10.2 Å². The van der Waals surface area contributed by atoms with Crippen LogP contribution in [0.5, 0.6) is 0 Å². The zero-order valence-electron chi connectivity index (χ0n) is 24.1. The van der Waals surface area contributed by atoms with Crippen LogP contribution in [0, 0.1) is 20.8 Å². The van der Waals surface area contributed by atoms with Crippen molar-refractivity contribution in [3.63, 3.8) is 0 Å². The molecule has 1 unspecified atom stereocenters. The summed E-state index contributed by atoms with van der Waals surface area (Å²) in [4.78, 5) is 13.1. The molecule has 0 bridgehead atoms. The van der Waals surface area contributed by atoms with E-state index in [1.165, 1.54) is 49.5 Å². The molecule has 10 heteroatoms. The number of carbonyl (C=O) groups is 1. The molecular formula is C29H44ClN5O3S. The molecule has 2 aromatic heterocycles. The van der Waals surface area contributed by atoms with Crippen LogP contribution < -0.4 is 5.32 Å². The van der Waals surface area contributed by atoms with Gasteiger partial charge in [0.15, 0.2) is 21.3 Å². The van der Waals surface area contributed by atoms with E-state index in [1.807, 2.05) is 32.9 Å². The number of nitrogens with zero attached hydrogens (tertiary/aromatic N) is 3. The van der Waals surface area contributed by atoms with Crippen LogP contribution >= 0.6 is 11.6 Å². The number of hydrogen-bond acceptors (Lipinski definition) is 5. The molecule has 0 fully saturated rings. The summed E-state index contributed by atoms with van der Waals surface area (Å²) in [5, 5.41) is 14.4. The van der Waals surface area contributed by atoms with Gasteiger partial charge in [-0.3, -0.25) is 9.89 Å². The van der Waals surface area contributed by atoms with E-state index >= 15 is 0 Å². The number of rotatable bonds is 16. The zero-order chi connectivity index (χ0) is 28.6. The van der Waals surface area contributed by atoms with Gasteiger partial charge < -0.3 is 5.32 Å². The number of unbranched alkanes of at least 4 members (excludes halogenated alkanes) is 9. The Morgan fingerprint density at radius 3 is 2.13 bits per heavy atom. The number of aromatic amines is 1. The number of amides is 1. The standard InChI is InChI=1S/C29H44ClN5O3S/c1-6-7-8-9-10-11-12-13-14-15-16-39(37,38)19-23(5)27-32-33-28-24(30)26(34-35(27)28)29(36)31-25-21(3)17-20(2)18-22(25)4/h17-18,23,34H,6-16,19H2,1-5H3,(H,31,36). The maximum Gasteiger partial charge on any atom is 0.275 e. The minimum atomic E-state index is -3.26. The van der Waals surface area contributed by atoms with Gasteiger partial charge in [0.2, 0.25) is 0 Å².